The van der Waals surface area contributed by atoms with Gasteiger partial charge in [0.15, 0.2) is 5.69 Å². The second-order valence-corrected chi connectivity index (χ2v) is 8.35. The van der Waals surface area contributed by atoms with Crippen LogP contribution < -0.4 is 14.3 Å². The molecule has 34 heavy (non-hydrogen) atoms. The smallest absolute Gasteiger partial charge is 0.509 e. The van der Waals surface area contributed by atoms with E-state index in [0.717, 1.165) is 0 Å². The van der Waals surface area contributed by atoms with Gasteiger partial charge in [0.25, 0.3) is 0 Å². The third kappa shape index (κ3) is 5.11. The molecular formula is C24H30F3NO6. The number of halogens is 3. The second kappa shape index (κ2) is 10.6. The first-order valence-electron chi connectivity index (χ1n) is 11.1. The topological polar surface area (TPSA) is 92.7 Å². The molecule has 0 N–H and O–H groups in total. The number of aliphatic carboxylic acids is 1. The fourth-order valence-electron chi connectivity index (χ4n) is 4.58. The number of hydrogen-bond acceptors (Lipinski definition) is 6. The minimum absolute atomic E-state index is 0.0259. The predicted molar refractivity (Wildman–Crippen MR) is 117 cm³/mol. The molecule has 0 aliphatic carbocycles. The first-order chi connectivity index (χ1) is 15.8. The molecule has 0 fully saturated rings. The maximum Gasteiger partial charge on any atom is 0.509 e. The Morgan fingerprint density at radius 3 is 2.38 bits per heavy atom. The van der Waals surface area contributed by atoms with Crippen molar-refractivity contribution in [1.29, 1.82) is 0 Å². The van der Waals surface area contributed by atoms with E-state index < -0.39 is 28.5 Å². The largest absolute Gasteiger partial charge is 0.550 e. The summed E-state index contributed by atoms with van der Waals surface area (Å²) < 4.78 is 51.3. The van der Waals surface area contributed by atoms with Crippen LogP contribution in [0.4, 0.5) is 18.9 Å². The summed E-state index contributed by atoms with van der Waals surface area (Å²) in [6.07, 6.45) is -3.21. The summed E-state index contributed by atoms with van der Waals surface area (Å²) in [5.74, 6) is -3.69. The number of carbonyl (C=O) groups excluding carboxylic acids is 3. The lowest BCUT2D eigenvalue weighted by Crippen LogP contribution is -2.60. The minimum atomic E-state index is -5.14. The van der Waals surface area contributed by atoms with Crippen molar-refractivity contribution in [3.05, 3.63) is 33.9 Å². The molecule has 188 valence electrons. The van der Waals surface area contributed by atoms with Crippen LogP contribution in [0.1, 0.15) is 67.1 Å². The van der Waals surface area contributed by atoms with Crippen molar-refractivity contribution < 1.29 is 42.1 Å². The molecule has 1 heterocycles. The van der Waals surface area contributed by atoms with Crippen molar-refractivity contribution in [2.45, 2.75) is 66.2 Å². The Hall–Kier alpha value is -2.88. The normalized spacial score (nSPS) is 15.5. The van der Waals surface area contributed by atoms with E-state index in [1.807, 2.05) is 0 Å². The highest BCUT2D eigenvalue weighted by Gasteiger charge is 2.57. The average Bonchev–Trinajstić information content (AvgIpc) is 3.15. The molecule has 0 bridgehead atoms. The van der Waals surface area contributed by atoms with Crippen LogP contribution in [-0.2, 0) is 27.4 Å². The molecule has 0 aromatic heterocycles. The van der Waals surface area contributed by atoms with Crippen LogP contribution >= 0.6 is 0 Å². The Bertz CT molecular complexity index is 1020. The van der Waals surface area contributed by atoms with E-state index in [9.17, 15) is 32.7 Å². The van der Waals surface area contributed by atoms with Gasteiger partial charge in [-0.3, -0.25) is 0 Å². The highest BCUT2D eigenvalue weighted by molar-refractivity contribution is 6.05. The number of fused-ring (bicyclic) bond motifs is 1. The number of rotatable bonds is 10. The summed E-state index contributed by atoms with van der Waals surface area (Å²) >= 11 is 0. The van der Waals surface area contributed by atoms with E-state index in [0.29, 0.717) is 16.7 Å². The molecular weight excluding hydrogens is 455 g/mol. The van der Waals surface area contributed by atoms with Gasteiger partial charge < -0.3 is 19.4 Å². The molecule has 0 spiro atoms. The van der Waals surface area contributed by atoms with Gasteiger partial charge in [0.1, 0.15) is 17.9 Å². The SMILES string of the molecule is CCC[N+](CC)(C(=O)C(F)(F)F)c1c(C/C=C(\C)CCC(=O)[O-])c(OC)c(C)c2c1C(=O)OC2. The molecule has 0 saturated carbocycles. The van der Waals surface area contributed by atoms with E-state index in [2.05, 4.69) is 0 Å². The molecule has 1 aromatic rings. The Labute approximate surface area is 196 Å². The van der Waals surface area contributed by atoms with Crippen LogP contribution in [0.2, 0.25) is 0 Å². The van der Waals surface area contributed by atoms with Crippen LogP contribution in [0, 0.1) is 6.92 Å². The number of quaternary nitrogens is 1. The number of benzene rings is 1. The summed E-state index contributed by atoms with van der Waals surface area (Å²) in [7, 11) is 1.37. The summed E-state index contributed by atoms with van der Waals surface area (Å²) in [5, 5.41) is 10.8. The zero-order valence-electron chi connectivity index (χ0n) is 20.1. The lowest BCUT2D eigenvalue weighted by Gasteiger charge is -2.37. The van der Waals surface area contributed by atoms with E-state index in [-0.39, 0.29) is 67.9 Å². The zero-order chi connectivity index (χ0) is 25.8. The molecule has 10 heteroatoms. The lowest BCUT2D eigenvalue weighted by atomic mass is 9.91. The van der Waals surface area contributed by atoms with Crippen molar-refractivity contribution in [3.63, 3.8) is 0 Å². The number of carboxylic acid groups (broad SMARTS) is 1. The van der Waals surface area contributed by atoms with E-state index in [1.165, 1.54) is 14.0 Å². The van der Waals surface area contributed by atoms with Crippen molar-refractivity contribution in [3.8, 4) is 5.75 Å². The summed E-state index contributed by atoms with van der Waals surface area (Å²) in [6, 6.07) is 0. The van der Waals surface area contributed by atoms with E-state index >= 15 is 0 Å². The third-order valence-corrected chi connectivity index (χ3v) is 6.23. The summed E-state index contributed by atoms with van der Waals surface area (Å²) in [6.45, 7) is 5.98. The number of nitrogens with zero attached hydrogens (tertiary/aromatic N) is 1. The predicted octanol–water partition coefficient (Wildman–Crippen LogP) is 3.52. The van der Waals surface area contributed by atoms with Crippen LogP contribution in [0.25, 0.3) is 0 Å². The number of alkyl halides is 3. The number of esters is 1. The van der Waals surface area contributed by atoms with Gasteiger partial charge in [0.2, 0.25) is 0 Å². The van der Waals surface area contributed by atoms with Crippen molar-refractivity contribution in [2.75, 3.05) is 20.2 Å². The number of amides is 1. The maximum absolute atomic E-state index is 13.9. The number of carbonyl (C=O) groups is 3. The summed E-state index contributed by atoms with van der Waals surface area (Å²) in [5.41, 5.74) is 1.81. The molecule has 7 nitrogen and oxygen atoms in total. The fourth-order valence-corrected chi connectivity index (χ4v) is 4.58. The Kier molecular flexibility index (Phi) is 8.52. The number of carboxylic acids is 1. The summed E-state index contributed by atoms with van der Waals surface area (Å²) in [4.78, 5) is 36.5. The van der Waals surface area contributed by atoms with Gasteiger partial charge in [0, 0.05) is 18.0 Å². The van der Waals surface area contributed by atoms with Gasteiger partial charge >= 0.3 is 18.1 Å². The Morgan fingerprint density at radius 2 is 1.88 bits per heavy atom. The van der Waals surface area contributed by atoms with Gasteiger partial charge in [-0.1, -0.05) is 18.6 Å². The minimum Gasteiger partial charge on any atom is -0.550 e. The molecule has 1 amide bonds. The number of hydrogen-bond donors (Lipinski definition) is 0. The number of allylic oxidation sites excluding steroid dienone is 2. The molecule has 1 aliphatic heterocycles. The molecule has 1 aliphatic rings. The first-order valence-corrected chi connectivity index (χ1v) is 11.1. The van der Waals surface area contributed by atoms with Crippen LogP contribution in [0.3, 0.4) is 0 Å². The Balaban J connectivity index is 2.92. The number of methoxy groups -OCH3 is 1. The van der Waals surface area contributed by atoms with Gasteiger partial charge in [-0.25, -0.2) is 14.1 Å². The maximum atomic E-state index is 13.9. The van der Waals surface area contributed by atoms with Crippen molar-refractivity contribution >= 4 is 23.5 Å². The van der Waals surface area contributed by atoms with Crippen molar-refractivity contribution in [1.82, 2.24) is 4.48 Å². The van der Waals surface area contributed by atoms with Crippen LogP contribution in [0.5, 0.6) is 5.75 Å². The number of ether oxygens (including phenoxy) is 2. The highest BCUT2D eigenvalue weighted by atomic mass is 19.4. The zero-order valence-corrected chi connectivity index (χ0v) is 20.1. The van der Waals surface area contributed by atoms with E-state index in [4.69, 9.17) is 9.47 Å². The monoisotopic (exact) mass is 485 g/mol. The van der Waals surface area contributed by atoms with Gasteiger partial charge in [-0.2, -0.15) is 13.2 Å². The first kappa shape index (κ1) is 27.4. The van der Waals surface area contributed by atoms with E-state index in [1.54, 1.807) is 26.8 Å². The molecule has 1 unspecified atom stereocenters. The van der Waals surface area contributed by atoms with Gasteiger partial charge in [-0.15, -0.1) is 0 Å². The molecule has 2 rings (SSSR count). The third-order valence-electron chi connectivity index (χ3n) is 6.23. The lowest BCUT2D eigenvalue weighted by molar-refractivity contribution is -0.305. The van der Waals surface area contributed by atoms with Gasteiger partial charge in [-0.05, 0) is 45.6 Å². The second-order valence-electron chi connectivity index (χ2n) is 8.35. The fraction of sp³-hybridized carbons (Fsp3) is 0.542. The average molecular weight is 485 g/mol. The van der Waals surface area contributed by atoms with Crippen LogP contribution in [-0.4, -0.2) is 44.2 Å². The standard InChI is InChI=1S/C24H30F3NO6/c1-6-12-28(7-2,23(32)24(25,26)27)20-16(10-8-14(3)9-11-18(29)30)21(33-5)15(4)17-13-34-22(31)19(17)20/h8H,6-7,9-13H2,1-5H3/b14-8+. The molecule has 1 aromatic carbocycles. The van der Waals surface area contributed by atoms with Crippen molar-refractivity contribution in [2.24, 2.45) is 0 Å². The quantitative estimate of drug-likeness (QED) is 0.286. The molecule has 1 atom stereocenters. The molecule has 0 radical (unpaired) electrons. The highest BCUT2D eigenvalue weighted by Crippen LogP contribution is 2.47. The molecule has 0 saturated heterocycles. The Morgan fingerprint density at radius 1 is 1.24 bits per heavy atom. The van der Waals surface area contributed by atoms with Gasteiger partial charge in [0.05, 0.1) is 25.8 Å². The van der Waals surface area contributed by atoms with Crippen LogP contribution in [0.15, 0.2) is 11.6 Å². The number of cyclic esters (lactones) is 1.